The molecule has 28 heavy (non-hydrogen) atoms. The van der Waals surface area contributed by atoms with Crippen molar-refractivity contribution in [2.45, 2.75) is 37.1 Å². The zero-order valence-electron chi connectivity index (χ0n) is 15.8. The van der Waals surface area contributed by atoms with Crippen LogP contribution in [0.1, 0.15) is 26.7 Å². The van der Waals surface area contributed by atoms with E-state index in [2.05, 4.69) is 10.2 Å². The van der Waals surface area contributed by atoms with Crippen molar-refractivity contribution in [3.63, 3.8) is 0 Å². The Bertz CT molecular complexity index is 930. The lowest BCUT2D eigenvalue weighted by atomic mass is 10.2. The molecule has 0 radical (unpaired) electrons. The number of rotatable bonds is 8. The van der Waals surface area contributed by atoms with Gasteiger partial charge in [0.1, 0.15) is 5.25 Å². The number of carbonyl (C=O) groups excluding carboxylic acids is 1. The van der Waals surface area contributed by atoms with Crippen molar-refractivity contribution in [1.29, 1.82) is 0 Å². The van der Waals surface area contributed by atoms with Crippen molar-refractivity contribution < 1.29 is 9.53 Å². The Hall–Kier alpha value is -2.31. The van der Waals surface area contributed by atoms with E-state index < -0.39 is 0 Å². The maximum absolute atomic E-state index is 12.4. The molecule has 3 aromatic rings. The van der Waals surface area contributed by atoms with Crippen LogP contribution in [-0.2, 0) is 9.53 Å². The van der Waals surface area contributed by atoms with Gasteiger partial charge in [-0.2, -0.15) is 0 Å². The predicted molar refractivity (Wildman–Crippen MR) is 113 cm³/mol. The zero-order chi connectivity index (χ0) is 19.9. The molecule has 0 bridgehead atoms. The Morgan fingerprint density at radius 3 is 2.50 bits per heavy atom. The first-order chi connectivity index (χ1) is 13.7. The molecule has 0 aliphatic heterocycles. The van der Waals surface area contributed by atoms with Crippen LogP contribution in [0, 0.1) is 0 Å². The summed E-state index contributed by atoms with van der Waals surface area (Å²) in [6, 6.07) is 17.3. The van der Waals surface area contributed by atoms with Crippen LogP contribution in [0.2, 0.25) is 5.02 Å². The quantitative estimate of drug-likeness (QED) is 0.363. The second-order valence-electron chi connectivity index (χ2n) is 6.10. The van der Waals surface area contributed by atoms with Crippen LogP contribution in [0.4, 0.5) is 0 Å². The number of hydrogen-bond acceptors (Lipinski definition) is 5. The second-order valence-corrected chi connectivity index (χ2v) is 7.68. The number of halogens is 1. The highest BCUT2D eigenvalue weighted by atomic mass is 35.5. The zero-order valence-corrected chi connectivity index (χ0v) is 17.4. The van der Waals surface area contributed by atoms with Crippen LogP contribution >= 0.6 is 23.4 Å². The minimum Gasteiger partial charge on any atom is -0.465 e. The lowest BCUT2D eigenvalue weighted by molar-refractivity contribution is -0.142. The third kappa shape index (κ3) is 4.56. The summed E-state index contributed by atoms with van der Waals surface area (Å²) in [6.45, 7) is 4.22. The summed E-state index contributed by atoms with van der Waals surface area (Å²) in [5, 5.41) is 9.67. The summed E-state index contributed by atoms with van der Waals surface area (Å²) in [5.74, 6) is 0.412. The first-order valence-corrected chi connectivity index (χ1v) is 10.5. The smallest absolute Gasteiger partial charge is 0.319 e. The average molecular weight is 416 g/mol. The SMILES string of the molecule is CCC[C@H](Sc1nnc(-c2ccccc2Cl)n1-c1ccccc1)C(=O)OCC. The van der Waals surface area contributed by atoms with Gasteiger partial charge in [0.25, 0.3) is 0 Å². The number of aromatic nitrogens is 3. The predicted octanol–water partition coefficient (Wildman–Crippen LogP) is 5.41. The standard InChI is InChI=1S/C21H22ClN3O2S/c1-3-10-18(20(26)27-4-2)28-21-24-23-19(16-13-8-9-14-17(16)22)25(21)15-11-6-5-7-12-15/h5-9,11-14,18H,3-4,10H2,1-2H3/t18-/m0/s1. The molecule has 0 spiro atoms. The van der Waals surface area contributed by atoms with E-state index in [-0.39, 0.29) is 11.2 Å². The van der Waals surface area contributed by atoms with E-state index in [1.165, 1.54) is 11.8 Å². The fraction of sp³-hybridized carbons (Fsp3) is 0.286. The van der Waals surface area contributed by atoms with Crippen LogP contribution in [0.15, 0.2) is 59.8 Å². The van der Waals surface area contributed by atoms with Crippen LogP contribution in [0.3, 0.4) is 0 Å². The van der Waals surface area contributed by atoms with Crippen LogP contribution in [-0.4, -0.2) is 32.6 Å². The Morgan fingerprint density at radius 2 is 1.82 bits per heavy atom. The molecule has 1 heterocycles. The molecule has 0 amide bonds. The van der Waals surface area contributed by atoms with E-state index in [0.717, 1.165) is 17.7 Å². The Balaban J connectivity index is 2.07. The lowest BCUT2D eigenvalue weighted by Crippen LogP contribution is -2.20. The minimum atomic E-state index is -0.337. The van der Waals surface area contributed by atoms with Crippen molar-refractivity contribution in [2.24, 2.45) is 0 Å². The fourth-order valence-electron chi connectivity index (χ4n) is 2.82. The van der Waals surface area contributed by atoms with E-state index in [9.17, 15) is 4.79 Å². The third-order valence-corrected chi connectivity index (χ3v) is 5.63. The van der Waals surface area contributed by atoms with E-state index >= 15 is 0 Å². The largest absolute Gasteiger partial charge is 0.465 e. The van der Waals surface area contributed by atoms with Crippen molar-refractivity contribution in [3.05, 3.63) is 59.6 Å². The number of esters is 1. The number of carbonyl (C=O) groups is 1. The third-order valence-electron chi connectivity index (χ3n) is 4.11. The molecular weight excluding hydrogens is 394 g/mol. The molecule has 1 atom stereocenters. The molecule has 7 heteroatoms. The molecule has 0 N–H and O–H groups in total. The lowest BCUT2D eigenvalue weighted by Gasteiger charge is -2.15. The summed E-state index contributed by atoms with van der Waals surface area (Å²) in [7, 11) is 0. The molecule has 0 fully saturated rings. The molecule has 3 rings (SSSR count). The molecule has 0 aliphatic carbocycles. The van der Waals surface area contributed by atoms with E-state index in [1.54, 1.807) is 0 Å². The first-order valence-electron chi connectivity index (χ1n) is 9.24. The van der Waals surface area contributed by atoms with Gasteiger partial charge < -0.3 is 4.74 Å². The van der Waals surface area contributed by atoms with E-state index in [1.807, 2.05) is 73.0 Å². The van der Waals surface area contributed by atoms with Gasteiger partial charge in [0.05, 0.1) is 11.6 Å². The maximum Gasteiger partial charge on any atom is 0.319 e. The highest BCUT2D eigenvalue weighted by Gasteiger charge is 2.25. The highest BCUT2D eigenvalue weighted by molar-refractivity contribution is 8.00. The Labute approximate surface area is 174 Å². The molecule has 5 nitrogen and oxygen atoms in total. The molecule has 0 unspecified atom stereocenters. The fourth-order valence-corrected chi connectivity index (χ4v) is 4.20. The average Bonchev–Trinajstić information content (AvgIpc) is 3.12. The van der Waals surface area contributed by atoms with Gasteiger partial charge in [-0.3, -0.25) is 9.36 Å². The van der Waals surface area contributed by atoms with Gasteiger partial charge >= 0.3 is 5.97 Å². The Kier molecular flexibility index (Phi) is 7.12. The number of thioether (sulfide) groups is 1. The van der Waals surface area contributed by atoms with Crippen molar-refractivity contribution >= 4 is 29.3 Å². The van der Waals surface area contributed by atoms with Gasteiger partial charge in [0.15, 0.2) is 11.0 Å². The number of nitrogens with zero attached hydrogens (tertiary/aromatic N) is 3. The second kappa shape index (κ2) is 9.75. The van der Waals surface area contributed by atoms with Crippen molar-refractivity contribution in [1.82, 2.24) is 14.8 Å². The first kappa shape index (κ1) is 20.4. The number of ether oxygens (including phenoxy) is 1. The normalized spacial score (nSPS) is 12.0. The van der Waals surface area contributed by atoms with E-state index in [0.29, 0.717) is 29.0 Å². The van der Waals surface area contributed by atoms with Crippen molar-refractivity contribution in [3.8, 4) is 17.1 Å². The number of benzene rings is 2. The van der Waals surface area contributed by atoms with Gasteiger partial charge in [0.2, 0.25) is 0 Å². The molecule has 146 valence electrons. The van der Waals surface area contributed by atoms with Gasteiger partial charge in [-0.05, 0) is 37.6 Å². The summed E-state index contributed by atoms with van der Waals surface area (Å²) < 4.78 is 7.18. The Morgan fingerprint density at radius 1 is 1.11 bits per heavy atom. The topological polar surface area (TPSA) is 57.0 Å². The minimum absolute atomic E-state index is 0.226. The molecule has 2 aromatic carbocycles. The molecular formula is C21H22ClN3O2S. The number of hydrogen-bond donors (Lipinski definition) is 0. The summed E-state index contributed by atoms with van der Waals surface area (Å²) in [4.78, 5) is 12.4. The molecule has 1 aromatic heterocycles. The summed E-state index contributed by atoms with van der Waals surface area (Å²) >= 11 is 7.79. The maximum atomic E-state index is 12.4. The van der Waals surface area contributed by atoms with Gasteiger partial charge in [-0.1, -0.05) is 67.0 Å². The number of para-hydroxylation sites is 1. The molecule has 0 saturated carbocycles. The molecule has 0 aliphatic rings. The van der Waals surface area contributed by atoms with Gasteiger partial charge in [0, 0.05) is 11.3 Å². The van der Waals surface area contributed by atoms with Crippen molar-refractivity contribution in [2.75, 3.05) is 6.61 Å². The van der Waals surface area contributed by atoms with Gasteiger partial charge in [-0.15, -0.1) is 10.2 Å². The molecule has 0 saturated heterocycles. The van der Waals surface area contributed by atoms with Crippen LogP contribution in [0.25, 0.3) is 17.1 Å². The summed E-state index contributed by atoms with van der Waals surface area (Å²) in [5.41, 5.74) is 1.69. The van der Waals surface area contributed by atoms with E-state index in [4.69, 9.17) is 16.3 Å². The van der Waals surface area contributed by atoms with Crippen LogP contribution < -0.4 is 0 Å². The van der Waals surface area contributed by atoms with Gasteiger partial charge in [-0.25, -0.2) is 0 Å². The highest BCUT2D eigenvalue weighted by Crippen LogP contribution is 2.34. The monoisotopic (exact) mass is 415 g/mol. The van der Waals surface area contributed by atoms with Crippen LogP contribution in [0.5, 0.6) is 0 Å². The summed E-state index contributed by atoms with van der Waals surface area (Å²) in [6.07, 6.45) is 1.57.